The van der Waals surface area contributed by atoms with E-state index in [0.717, 1.165) is 22.0 Å². The lowest BCUT2D eigenvalue weighted by Crippen LogP contribution is -2.15. The van der Waals surface area contributed by atoms with Crippen LogP contribution in [-0.2, 0) is 9.47 Å². The van der Waals surface area contributed by atoms with Gasteiger partial charge in [-0.15, -0.1) is 0 Å². The van der Waals surface area contributed by atoms with Gasteiger partial charge < -0.3 is 13.9 Å². The van der Waals surface area contributed by atoms with Crippen molar-refractivity contribution in [3.8, 4) is 0 Å². The largest absolute Gasteiger partial charge is 0.465 e. The fourth-order valence-corrected chi connectivity index (χ4v) is 3.50. The molecule has 0 unspecified atom stereocenters. The summed E-state index contributed by atoms with van der Waals surface area (Å²) in [4.78, 5) is 24.9. The lowest BCUT2D eigenvalue weighted by Gasteiger charge is -2.17. The molecule has 0 N–H and O–H groups in total. The van der Waals surface area contributed by atoms with Crippen LogP contribution in [0, 0.1) is 6.92 Å². The first kappa shape index (κ1) is 14.5. The Hall–Kier alpha value is -3.08. The third-order valence-corrected chi connectivity index (χ3v) is 4.51. The minimum absolute atomic E-state index is 0.226. The second-order valence-corrected chi connectivity index (χ2v) is 5.74. The molecule has 0 spiro atoms. The Morgan fingerprint density at radius 3 is 2.29 bits per heavy atom. The van der Waals surface area contributed by atoms with Gasteiger partial charge in [-0.3, -0.25) is 0 Å². The molecule has 120 valence electrons. The average molecular weight is 321 g/mol. The smallest absolute Gasteiger partial charge is 0.340 e. The Morgan fingerprint density at radius 2 is 1.58 bits per heavy atom. The van der Waals surface area contributed by atoms with Gasteiger partial charge in [-0.05, 0) is 30.7 Å². The van der Waals surface area contributed by atoms with Crippen LogP contribution in [0.2, 0.25) is 0 Å². The van der Waals surface area contributed by atoms with Gasteiger partial charge in [-0.2, -0.15) is 0 Å². The molecule has 0 amide bonds. The maximum Gasteiger partial charge on any atom is 0.340 e. The summed E-state index contributed by atoms with van der Waals surface area (Å²) >= 11 is 0. The highest BCUT2D eigenvalue weighted by Crippen LogP contribution is 2.36. The molecule has 0 aliphatic carbocycles. The number of aryl methyl sites for hydroxylation is 1. The molecule has 0 atom stereocenters. The molecule has 4 aromatic rings. The van der Waals surface area contributed by atoms with E-state index in [9.17, 15) is 9.59 Å². The third-order valence-electron chi connectivity index (χ3n) is 4.51. The maximum absolute atomic E-state index is 12.5. The summed E-state index contributed by atoms with van der Waals surface area (Å²) in [5.74, 6) is -1.11. The number of rotatable bonds is 2. The van der Waals surface area contributed by atoms with Crippen molar-refractivity contribution in [3.05, 3.63) is 53.1 Å². The summed E-state index contributed by atoms with van der Waals surface area (Å²) < 4.78 is 11.9. The molecule has 0 radical (unpaired) electrons. The van der Waals surface area contributed by atoms with Crippen molar-refractivity contribution < 1.29 is 19.1 Å². The zero-order valence-corrected chi connectivity index (χ0v) is 13.5. The van der Waals surface area contributed by atoms with Crippen molar-refractivity contribution in [2.24, 2.45) is 0 Å². The first-order valence-electron chi connectivity index (χ1n) is 7.54. The van der Waals surface area contributed by atoms with Crippen molar-refractivity contribution in [3.63, 3.8) is 0 Å². The highest BCUT2D eigenvalue weighted by atomic mass is 16.5. The molecule has 0 fully saturated rings. The van der Waals surface area contributed by atoms with E-state index in [1.165, 1.54) is 14.2 Å². The van der Waals surface area contributed by atoms with Gasteiger partial charge in [0, 0.05) is 16.3 Å². The number of pyridine rings is 3. The van der Waals surface area contributed by atoms with Gasteiger partial charge in [0.2, 0.25) is 0 Å². The van der Waals surface area contributed by atoms with Crippen LogP contribution in [0.1, 0.15) is 26.3 Å². The summed E-state index contributed by atoms with van der Waals surface area (Å²) in [6.45, 7) is 2.03. The van der Waals surface area contributed by atoms with Gasteiger partial charge in [0.05, 0.1) is 36.4 Å². The van der Waals surface area contributed by atoms with Crippen LogP contribution in [-0.4, -0.2) is 30.6 Å². The highest BCUT2D eigenvalue weighted by molar-refractivity contribution is 6.20. The molecule has 0 saturated carbocycles. The van der Waals surface area contributed by atoms with Crippen LogP contribution >= 0.6 is 0 Å². The van der Waals surface area contributed by atoms with Gasteiger partial charge in [0.15, 0.2) is 0 Å². The lowest BCUT2D eigenvalue weighted by atomic mass is 10.0. The lowest BCUT2D eigenvalue weighted by molar-refractivity contribution is 0.0558. The van der Waals surface area contributed by atoms with Gasteiger partial charge >= 0.3 is 11.9 Å². The highest BCUT2D eigenvalue weighted by Gasteiger charge is 2.27. The van der Waals surface area contributed by atoms with Crippen LogP contribution in [0.3, 0.4) is 0 Å². The molecule has 5 heteroatoms. The van der Waals surface area contributed by atoms with E-state index in [2.05, 4.69) is 6.07 Å². The zero-order chi connectivity index (χ0) is 17.0. The normalized spacial score (nSPS) is 11.5. The number of hydrogen-bond acceptors (Lipinski definition) is 4. The van der Waals surface area contributed by atoms with Crippen molar-refractivity contribution >= 4 is 39.3 Å². The number of aromatic nitrogens is 1. The number of methoxy groups -OCH3 is 2. The maximum atomic E-state index is 12.5. The van der Waals surface area contributed by atoms with Gasteiger partial charge in [-0.1, -0.05) is 18.2 Å². The third kappa shape index (κ3) is 1.69. The SMILES string of the molecule is COC(=O)c1c(C(=O)OC)c2cccc3cc(C)c4ccc1c4n32. The Kier molecular flexibility index (Phi) is 3.00. The van der Waals surface area contributed by atoms with E-state index in [0.29, 0.717) is 10.9 Å². The van der Waals surface area contributed by atoms with Crippen LogP contribution in [0.5, 0.6) is 0 Å². The summed E-state index contributed by atoms with van der Waals surface area (Å²) in [6.07, 6.45) is 0. The summed E-state index contributed by atoms with van der Waals surface area (Å²) in [5.41, 5.74) is 4.08. The molecule has 4 rings (SSSR count). The predicted molar refractivity (Wildman–Crippen MR) is 91.0 cm³/mol. The number of nitrogens with zero attached hydrogens (tertiary/aromatic N) is 1. The van der Waals surface area contributed by atoms with Gasteiger partial charge in [0.25, 0.3) is 0 Å². The molecule has 24 heavy (non-hydrogen) atoms. The average Bonchev–Trinajstić information content (AvgIpc) is 3.04. The van der Waals surface area contributed by atoms with Gasteiger partial charge in [0.1, 0.15) is 0 Å². The number of carbonyl (C=O) groups is 2. The predicted octanol–water partition coefficient (Wildman–Crippen LogP) is 3.57. The molecule has 0 bridgehead atoms. The molecule has 3 aromatic heterocycles. The topological polar surface area (TPSA) is 57.0 Å². The zero-order valence-electron chi connectivity index (χ0n) is 13.5. The van der Waals surface area contributed by atoms with E-state index in [1.807, 2.05) is 41.7 Å². The fraction of sp³-hybridized carbons (Fsp3) is 0.158. The Bertz CT molecular complexity index is 1120. The van der Waals surface area contributed by atoms with Crippen LogP contribution in [0.4, 0.5) is 0 Å². The van der Waals surface area contributed by atoms with Crippen LogP contribution in [0.15, 0.2) is 36.4 Å². The molecular weight excluding hydrogens is 306 g/mol. The van der Waals surface area contributed by atoms with E-state index >= 15 is 0 Å². The number of ether oxygens (including phenoxy) is 2. The molecule has 1 aromatic carbocycles. The number of esters is 2. The molecule has 0 saturated heterocycles. The minimum atomic E-state index is -0.559. The summed E-state index contributed by atoms with van der Waals surface area (Å²) in [7, 11) is 2.62. The van der Waals surface area contributed by atoms with E-state index in [1.54, 1.807) is 0 Å². The van der Waals surface area contributed by atoms with Crippen LogP contribution < -0.4 is 0 Å². The van der Waals surface area contributed by atoms with Crippen molar-refractivity contribution in [1.82, 2.24) is 4.40 Å². The summed E-state index contributed by atoms with van der Waals surface area (Å²) in [5, 5.41) is 1.73. The van der Waals surface area contributed by atoms with Gasteiger partial charge in [-0.25, -0.2) is 9.59 Å². The number of hydrogen-bond donors (Lipinski definition) is 0. The van der Waals surface area contributed by atoms with E-state index < -0.39 is 11.9 Å². The molecule has 5 nitrogen and oxygen atoms in total. The molecule has 3 heterocycles. The van der Waals surface area contributed by atoms with E-state index in [-0.39, 0.29) is 11.1 Å². The van der Waals surface area contributed by atoms with Crippen molar-refractivity contribution in [1.29, 1.82) is 0 Å². The summed E-state index contributed by atoms with van der Waals surface area (Å²) in [6, 6.07) is 11.5. The standard InChI is InChI=1S/C19H15NO4/c1-10-9-11-5-4-6-14-16(19(22)24-3)15(18(21)23-2)13-8-7-12(10)17(13)20(11)14/h4-9H,1-3H3. The Balaban J connectivity index is 2.36. The minimum Gasteiger partial charge on any atom is -0.465 e. The Morgan fingerprint density at radius 1 is 0.917 bits per heavy atom. The van der Waals surface area contributed by atoms with Crippen LogP contribution in [0.25, 0.3) is 27.3 Å². The Labute approximate surface area is 137 Å². The molecule has 0 aliphatic rings. The molecule has 0 aliphatic heterocycles. The first-order chi connectivity index (χ1) is 11.6. The molecular formula is C19H15NO4. The van der Waals surface area contributed by atoms with E-state index in [4.69, 9.17) is 9.47 Å². The second kappa shape index (κ2) is 4.96. The first-order valence-corrected chi connectivity index (χ1v) is 7.54. The quantitative estimate of drug-likeness (QED) is 0.530. The van der Waals surface area contributed by atoms with Crippen molar-refractivity contribution in [2.75, 3.05) is 14.2 Å². The fourth-order valence-electron chi connectivity index (χ4n) is 3.50. The second-order valence-electron chi connectivity index (χ2n) is 5.74. The number of carbonyl (C=O) groups excluding carboxylic acids is 2. The monoisotopic (exact) mass is 321 g/mol. The van der Waals surface area contributed by atoms with Crippen molar-refractivity contribution in [2.45, 2.75) is 6.92 Å².